The summed E-state index contributed by atoms with van der Waals surface area (Å²) in [6.45, 7) is 6.79. The van der Waals surface area contributed by atoms with Crippen molar-refractivity contribution >= 4 is 17.8 Å². The molecule has 21 heavy (non-hydrogen) atoms. The van der Waals surface area contributed by atoms with E-state index in [4.69, 9.17) is 0 Å². The molecule has 0 spiro atoms. The normalized spacial score (nSPS) is 18.1. The molecule has 120 valence electrons. The monoisotopic (exact) mass is 298 g/mol. The van der Waals surface area contributed by atoms with E-state index in [9.17, 15) is 14.4 Å². The lowest BCUT2D eigenvalue weighted by Gasteiger charge is -2.34. The summed E-state index contributed by atoms with van der Waals surface area (Å²) in [5.41, 5.74) is 0. The van der Waals surface area contributed by atoms with Crippen LogP contribution in [-0.2, 0) is 9.59 Å². The molecular formula is C14H26N4O3. The van der Waals surface area contributed by atoms with Gasteiger partial charge in [-0.1, -0.05) is 0 Å². The average Bonchev–Trinajstić information content (AvgIpc) is 2.44. The maximum Gasteiger partial charge on any atom is 0.321 e. The van der Waals surface area contributed by atoms with Crippen molar-refractivity contribution in [2.24, 2.45) is 5.92 Å². The van der Waals surface area contributed by atoms with Gasteiger partial charge in [0.25, 0.3) is 0 Å². The SMILES string of the molecule is CNC(=O)C1CCN(C(C)C(=O)NC(=O)NC(C)C)CC1. The second kappa shape index (κ2) is 7.97. The van der Waals surface area contributed by atoms with Gasteiger partial charge in [-0.15, -0.1) is 0 Å². The Morgan fingerprint density at radius 1 is 1.10 bits per heavy atom. The van der Waals surface area contributed by atoms with Gasteiger partial charge < -0.3 is 10.6 Å². The van der Waals surface area contributed by atoms with Crippen molar-refractivity contribution in [2.45, 2.75) is 45.7 Å². The van der Waals surface area contributed by atoms with Crippen LogP contribution >= 0.6 is 0 Å². The van der Waals surface area contributed by atoms with Crippen LogP contribution < -0.4 is 16.0 Å². The van der Waals surface area contributed by atoms with Gasteiger partial charge >= 0.3 is 6.03 Å². The minimum absolute atomic E-state index is 0.0172. The first-order chi connectivity index (χ1) is 9.85. The first-order valence-corrected chi connectivity index (χ1v) is 7.42. The molecule has 1 aliphatic rings. The zero-order valence-corrected chi connectivity index (χ0v) is 13.2. The molecule has 1 rings (SSSR count). The van der Waals surface area contributed by atoms with Crippen molar-refractivity contribution < 1.29 is 14.4 Å². The molecule has 7 heteroatoms. The van der Waals surface area contributed by atoms with E-state index in [-0.39, 0.29) is 29.8 Å². The molecule has 4 amide bonds. The minimum Gasteiger partial charge on any atom is -0.359 e. The predicted octanol–water partition coefficient (Wildman–Crippen LogP) is 0.0671. The number of carbonyl (C=O) groups is 3. The maximum absolute atomic E-state index is 12.0. The van der Waals surface area contributed by atoms with Gasteiger partial charge in [0.2, 0.25) is 11.8 Å². The molecule has 1 aliphatic heterocycles. The first kappa shape index (κ1) is 17.4. The van der Waals surface area contributed by atoms with Crippen LogP contribution in [0, 0.1) is 5.92 Å². The Bertz CT molecular complexity index is 390. The summed E-state index contributed by atoms with van der Waals surface area (Å²) in [5.74, 6) is -0.236. The number of imide groups is 1. The Labute approximate surface area is 125 Å². The quantitative estimate of drug-likeness (QED) is 0.685. The third-order valence-electron chi connectivity index (χ3n) is 3.73. The van der Waals surface area contributed by atoms with Crippen LogP contribution in [0.15, 0.2) is 0 Å². The minimum atomic E-state index is -0.470. The highest BCUT2D eigenvalue weighted by Gasteiger charge is 2.29. The average molecular weight is 298 g/mol. The molecule has 0 aromatic rings. The summed E-state index contributed by atoms with van der Waals surface area (Å²) in [7, 11) is 1.64. The van der Waals surface area contributed by atoms with Crippen LogP contribution in [0.25, 0.3) is 0 Å². The number of carbonyl (C=O) groups excluding carboxylic acids is 3. The molecule has 0 aliphatic carbocycles. The number of rotatable bonds is 4. The lowest BCUT2D eigenvalue weighted by atomic mass is 9.95. The summed E-state index contributed by atoms with van der Waals surface area (Å²) in [6.07, 6.45) is 1.46. The van der Waals surface area contributed by atoms with Crippen molar-refractivity contribution in [1.29, 1.82) is 0 Å². The van der Waals surface area contributed by atoms with E-state index in [2.05, 4.69) is 16.0 Å². The molecular weight excluding hydrogens is 272 g/mol. The van der Waals surface area contributed by atoms with Crippen LogP contribution in [0.1, 0.15) is 33.6 Å². The Balaban J connectivity index is 2.42. The lowest BCUT2D eigenvalue weighted by Crippen LogP contribution is -2.52. The van der Waals surface area contributed by atoms with E-state index in [1.165, 1.54) is 0 Å². The molecule has 1 saturated heterocycles. The third kappa shape index (κ3) is 5.34. The van der Waals surface area contributed by atoms with Crippen LogP contribution in [-0.4, -0.2) is 55.0 Å². The molecule has 0 aromatic heterocycles. The highest BCUT2D eigenvalue weighted by atomic mass is 16.2. The molecule has 1 unspecified atom stereocenters. The molecule has 1 heterocycles. The van der Waals surface area contributed by atoms with Gasteiger partial charge in [-0.3, -0.25) is 19.8 Å². The Hall–Kier alpha value is -1.63. The van der Waals surface area contributed by atoms with Gasteiger partial charge in [-0.2, -0.15) is 0 Å². The number of hydrogen-bond acceptors (Lipinski definition) is 4. The van der Waals surface area contributed by atoms with E-state index in [1.54, 1.807) is 14.0 Å². The van der Waals surface area contributed by atoms with Crippen molar-refractivity contribution in [3.05, 3.63) is 0 Å². The van der Waals surface area contributed by atoms with Crippen LogP contribution in [0.5, 0.6) is 0 Å². The van der Waals surface area contributed by atoms with E-state index in [0.717, 1.165) is 12.8 Å². The molecule has 7 nitrogen and oxygen atoms in total. The van der Waals surface area contributed by atoms with Crippen LogP contribution in [0.4, 0.5) is 4.79 Å². The largest absolute Gasteiger partial charge is 0.359 e. The number of hydrogen-bond donors (Lipinski definition) is 3. The van der Waals surface area contributed by atoms with Gasteiger partial charge in [-0.25, -0.2) is 4.79 Å². The molecule has 1 atom stereocenters. The van der Waals surface area contributed by atoms with Crippen LogP contribution in [0.2, 0.25) is 0 Å². The fourth-order valence-electron chi connectivity index (χ4n) is 2.43. The lowest BCUT2D eigenvalue weighted by molar-refractivity contribution is -0.127. The Morgan fingerprint density at radius 3 is 2.14 bits per heavy atom. The van der Waals surface area contributed by atoms with E-state index in [1.807, 2.05) is 18.7 Å². The van der Waals surface area contributed by atoms with Crippen molar-refractivity contribution in [1.82, 2.24) is 20.9 Å². The zero-order chi connectivity index (χ0) is 16.0. The number of amides is 4. The number of nitrogens with zero attached hydrogens (tertiary/aromatic N) is 1. The van der Waals surface area contributed by atoms with E-state index >= 15 is 0 Å². The first-order valence-electron chi connectivity index (χ1n) is 7.42. The number of likely N-dealkylation sites (tertiary alicyclic amines) is 1. The number of urea groups is 1. The van der Waals surface area contributed by atoms with Gasteiger partial charge in [0.15, 0.2) is 0 Å². The summed E-state index contributed by atoms with van der Waals surface area (Å²) in [5, 5.41) is 7.62. The van der Waals surface area contributed by atoms with Crippen LogP contribution in [0.3, 0.4) is 0 Å². The van der Waals surface area contributed by atoms with Gasteiger partial charge in [0, 0.05) is 19.0 Å². The second-order valence-corrected chi connectivity index (χ2v) is 5.72. The van der Waals surface area contributed by atoms with Crippen molar-refractivity contribution in [2.75, 3.05) is 20.1 Å². The summed E-state index contributed by atoms with van der Waals surface area (Å²) >= 11 is 0. The molecule has 1 fully saturated rings. The Kier molecular flexibility index (Phi) is 6.61. The fraction of sp³-hybridized carbons (Fsp3) is 0.786. The summed E-state index contributed by atoms with van der Waals surface area (Å²) < 4.78 is 0. The van der Waals surface area contributed by atoms with E-state index < -0.39 is 6.03 Å². The molecule has 0 aromatic carbocycles. The van der Waals surface area contributed by atoms with Crippen molar-refractivity contribution in [3.63, 3.8) is 0 Å². The number of piperidine rings is 1. The Morgan fingerprint density at radius 2 is 1.67 bits per heavy atom. The van der Waals surface area contributed by atoms with E-state index in [0.29, 0.717) is 13.1 Å². The second-order valence-electron chi connectivity index (χ2n) is 5.72. The predicted molar refractivity (Wildman–Crippen MR) is 79.6 cm³/mol. The molecule has 0 bridgehead atoms. The van der Waals surface area contributed by atoms with Gasteiger partial charge in [0.1, 0.15) is 0 Å². The summed E-state index contributed by atoms with van der Waals surface area (Å²) in [6, 6.07) is -0.868. The van der Waals surface area contributed by atoms with Gasteiger partial charge in [0.05, 0.1) is 6.04 Å². The highest BCUT2D eigenvalue weighted by molar-refractivity contribution is 5.96. The van der Waals surface area contributed by atoms with Gasteiger partial charge in [-0.05, 0) is 46.7 Å². The zero-order valence-electron chi connectivity index (χ0n) is 13.2. The topological polar surface area (TPSA) is 90.5 Å². The molecule has 0 saturated carbocycles. The molecule has 0 radical (unpaired) electrons. The third-order valence-corrected chi connectivity index (χ3v) is 3.73. The fourth-order valence-corrected chi connectivity index (χ4v) is 2.43. The van der Waals surface area contributed by atoms with Crippen molar-refractivity contribution in [3.8, 4) is 0 Å². The number of nitrogens with one attached hydrogen (secondary N) is 3. The standard InChI is InChI=1S/C14H26N4O3/c1-9(2)16-14(21)17-12(19)10(3)18-7-5-11(6-8-18)13(20)15-4/h9-11H,5-8H2,1-4H3,(H,15,20)(H2,16,17,19,21). The maximum atomic E-state index is 12.0. The smallest absolute Gasteiger partial charge is 0.321 e. The summed E-state index contributed by atoms with van der Waals surface area (Å²) in [4.78, 5) is 37.1. The molecule has 3 N–H and O–H groups in total. The highest BCUT2D eigenvalue weighted by Crippen LogP contribution is 2.19.